The summed E-state index contributed by atoms with van der Waals surface area (Å²) >= 11 is 0. The lowest BCUT2D eigenvalue weighted by Gasteiger charge is -2.34. The average molecular weight is 277 g/mol. The lowest BCUT2D eigenvalue weighted by atomic mass is 9.90. The molecule has 0 aromatic rings. The lowest BCUT2D eigenvalue weighted by Crippen LogP contribution is -2.42. The maximum atomic E-state index is 12.1. The molecule has 0 bridgehead atoms. The molecule has 2 N–H and O–H groups in total. The van der Waals surface area contributed by atoms with Gasteiger partial charge in [-0.15, -0.1) is 12.4 Å². The largest absolute Gasteiger partial charge is 0.343 e. The molecule has 108 valence electrons. The van der Waals surface area contributed by atoms with Crippen LogP contribution < -0.4 is 5.73 Å². The SMILES string of the molecule is CCC(CC)CC(=O)N1CCC(C(C)N)CC1.Cl. The Labute approximate surface area is 118 Å². The van der Waals surface area contributed by atoms with Crippen LogP contribution in [-0.2, 0) is 4.79 Å². The molecule has 4 heteroatoms. The fraction of sp³-hybridized carbons (Fsp3) is 0.929. The third kappa shape index (κ3) is 5.15. The van der Waals surface area contributed by atoms with Crippen LogP contribution in [-0.4, -0.2) is 29.9 Å². The van der Waals surface area contributed by atoms with E-state index in [0.29, 0.717) is 17.7 Å². The zero-order valence-corrected chi connectivity index (χ0v) is 12.8. The smallest absolute Gasteiger partial charge is 0.222 e. The van der Waals surface area contributed by atoms with E-state index in [1.165, 1.54) is 0 Å². The van der Waals surface area contributed by atoms with E-state index in [-0.39, 0.29) is 18.4 Å². The van der Waals surface area contributed by atoms with Crippen LogP contribution >= 0.6 is 12.4 Å². The van der Waals surface area contributed by atoms with Crippen molar-refractivity contribution < 1.29 is 4.79 Å². The van der Waals surface area contributed by atoms with Gasteiger partial charge in [0.05, 0.1) is 0 Å². The molecule has 1 amide bonds. The van der Waals surface area contributed by atoms with Crippen molar-refractivity contribution in [2.45, 2.75) is 58.9 Å². The number of piperidine rings is 1. The number of carbonyl (C=O) groups excluding carboxylic acids is 1. The van der Waals surface area contributed by atoms with Crippen molar-refractivity contribution >= 4 is 18.3 Å². The maximum absolute atomic E-state index is 12.1. The molecule has 1 aliphatic heterocycles. The fourth-order valence-electron chi connectivity index (χ4n) is 2.63. The first-order valence-corrected chi connectivity index (χ1v) is 7.11. The summed E-state index contributed by atoms with van der Waals surface area (Å²) in [4.78, 5) is 14.1. The Bertz CT molecular complexity index is 234. The van der Waals surface area contributed by atoms with Gasteiger partial charge in [-0.3, -0.25) is 4.79 Å². The third-order valence-corrected chi connectivity index (χ3v) is 4.25. The van der Waals surface area contributed by atoms with Gasteiger partial charge in [-0.1, -0.05) is 26.7 Å². The Hall–Kier alpha value is -0.280. The normalized spacial score (nSPS) is 18.6. The van der Waals surface area contributed by atoms with Gasteiger partial charge in [0.1, 0.15) is 0 Å². The summed E-state index contributed by atoms with van der Waals surface area (Å²) in [6, 6.07) is 0.270. The number of nitrogens with zero attached hydrogens (tertiary/aromatic N) is 1. The topological polar surface area (TPSA) is 46.3 Å². The Morgan fingerprint density at radius 2 is 1.78 bits per heavy atom. The lowest BCUT2D eigenvalue weighted by molar-refractivity contribution is -0.133. The molecule has 0 aromatic heterocycles. The quantitative estimate of drug-likeness (QED) is 0.839. The van der Waals surface area contributed by atoms with Crippen LogP contribution in [0, 0.1) is 11.8 Å². The summed E-state index contributed by atoms with van der Waals surface area (Å²) in [5.74, 6) is 1.52. The molecule has 1 heterocycles. The van der Waals surface area contributed by atoms with Gasteiger partial charge < -0.3 is 10.6 Å². The average Bonchev–Trinajstić information content (AvgIpc) is 2.35. The van der Waals surface area contributed by atoms with Crippen molar-refractivity contribution in [3.63, 3.8) is 0 Å². The van der Waals surface area contributed by atoms with Crippen LogP contribution in [0.15, 0.2) is 0 Å². The van der Waals surface area contributed by atoms with Crippen LogP contribution in [0.4, 0.5) is 0 Å². The van der Waals surface area contributed by atoms with E-state index in [1.807, 2.05) is 4.90 Å². The second-order valence-corrected chi connectivity index (χ2v) is 5.46. The van der Waals surface area contributed by atoms with Crippen LogP contribution in [0.5, 0.6) is 0 Å². The Morgan fingerprint density at radius 1 is 1.28 bits per heavy atom. The number of rotatable bonds is 5. The van der Waals surface area contributed by atoms with Crippen molar-refractivity contribution in [2.75, 3.05) is 13.1 Å². The molecule has 0 saturated carbocycles. The van der Waals surface area contributed by atoms with Crippen molar-refractivity contribution in [1.82, 2.24) is 4.90 Å². The maximum Gasteiger partial charge on any atom is 0.222 e. The van der Waals surface area contributed by atoms with Crippen LogP contribution in [0.2, 0.25) is 0 Å². The molecule has 3 nitrogen and oxygen atoms in total. The van der Waals surface area contributed by atoms with Gasteiger partial charge in [0.15, 0.2) is 0 Å². The predicted molar refractivity (Wildman–Crippen MR) is 78.9 cm³/mol. The summed E-state index contributed by atoms with van der Waals surface area (Å²) in [5, 5.41) is 0. The molecule has 1 saturated heterocycles. The van der Waals surface area contributed by atoms with Gasteiger partial charge in [-0.2, -0.15) is 0 Å². The van der Waals surface area contributed by atoms with E-state index in [2.05, 4.69) is 20.8 Å². The van der Waals surface area contributed by atoms with E-state index in [1.54, 1.807) is 0 Å². The summed E-state index contributed by atoms with van der Waals surface area (Å²) in [6.45, 7) is 8.23. The summed E-state index contributed by atoms with van der Waals surface area (Å²) < 4.78 is 0. The Morgan fingerprint density at radius 3 is 2.17 bits per heavy atom. The zero-order valence-electron chi connectivity index (χ0n) is 12.0. The summed E-state index contributed by atoms with van der Waals surface area (Å²) in [7, 11) is 0. The van der Waals surface area contributed by atoms with E-state index in [0.717, 1.165) is 45.2 Å². The highest BCUT2D eigenvalue weighted by Gasteiger charge is 2.25. The minimum atomic E-state index is 0. The van der Waals surface area contributed by atoms with Gasteiger partial charge >= 0.3 is 0 Å². The highest BCUT2D eigenvalue weighted by molar-refractivity contribution is 5.85. The predicted octanol–water partition coefficient (Wildman–Crippen LogP) is 2.82. The second-order valence-electron chi connectivity index (χ2n) is 5.46. The number of halogens is 1. The first kappa shape index (κ1) is 17.7. The molecule has 1 aliphatic rings. The van der Waals surface area contributed by atoms with Crippen molar-refractivity contribution in [2.24, 2.45) is 17.6 Å². The number of nitrogens with two attached hydrogens (primary N) is 1. The molecule has 1 unspecified atom stereocenters. The van der Waals surface area contributed by atoms with E-state index < -0.39 is 0 Å². The van der Waals surface area contributed by atoms with Crippen molar-refractivity contribution in [1.29, 1.82) is 0 Å². The molecular weight excluding hydrogens is 248 g/mol. The van der Waals surface area contributed by atoms with Gasteiger partial charge in [0.2, 0.25) is 5.91 Å². The molecule has 1 fully saturated rings. The standard InChI is InChI=1S/C14H28N2O.ClH/c1-4-12(5-2)10-14(17)16-8-6-13(7-9-16)11(3)15;/h11-13H,4-10,15H2,1-3H3;1H. The molecule has 1 rings (SSSR count). The van der Waals surface area contributed by atoms with E-state index >= 15 is 0 Å². The molecular formula is C14H29ClN2O. The van der Waals surface area contributed by atoms with Gasteiger partial charge in [-0.05, 0) is 31.6 Å². The van der Waals surface area contributed by atoms with Gasteiger partial charge in [0.25, 0.3) is 0 Å². The molecule has 0 aliphatic carbocycles. The third-order valence-electron chi connectivity index (χ3n) is 4.25. The zero-order chi connectivity index (χ0) is 12.8. The second kappa shape index (κ2) is 8.76. The number of hydrogen-bond acceptors (Lipinski definition) is 2. The van der Waals surface area contributed by atoms with Crippen molar-refractivity contribution in [3.05, 3.63) is 0 Å². The van der Waals surface area contributed by atoms with Crippen LogP contribution in [0.1, 0.15) is 52.9 Å². The van der Waals surface area contributed by atoms with E-state index in [9.17, 15) is 4.79 Å². The number of amides is 1. The van der Waals surface area contributed by atoms with E-state index in [4.69, 9.17) is 5.73 Å². The minimum absolute atomic E-state index is 0. The molecule has 18 heavy (non-hydrogen) atoms. The fourth-order valence-corrected chi connectivity index (χ4v) is 2.63. The van der Waals surface area contributed by atoms with Gasteiger partial charge in [-0.25, -0.2) is 0 Å². The van der Waals surface area contributed by atoms with Gasteiger partial charge in [0, 0.05) is 25.6 Å². The number of carbonyl (C=O) groups is 1. The molecule has 1 atom stereocenters. The summed E-state index contributed by atoms with van der Waals surface area (Å²) in [6.07, 6.45) is 5.10. The van der Waals surface area contributed by atoms with Crippen molar-refractivity contribution in [3.8, 4) is 0 Å². The van der Waals surface area contributed by atoms with Crippen LogP contribution in [0.25, 0.3) is 0 Å². The number of likely N-dealkylation sites (tertiary alicyclic amines) is 1. The molecule has 0 spiro atoms. The minimum Gasteiger partial charge on any atom is -0.343 e. The molecule has 0 aromatic carbocycles. The summed E-state index contributed by atoms with van der Waals surface area (Å²) in [5.41, 5.74) is 5.91. The number of hydrogen-bond donors (Lipinski definition) is 1. The monoisotopic (exact) mass is 276 g/mol. The Balaban J connectivity index is 0.00000289. The Kier molecular flexibility index (Phi) is 8.62. The first-order chi connectivity index (χ1) is 8.08. The van der Waals surface area contributed by atoms with Crippen LogP contribution in [0.3, 0.4) is 0 Å². The highest BCUT2D eigenvalue weighted by Crippen LogP contribution is 2.22. The molecule has 0 radical (unpaired) electrons. The first-order valence-electron chi connectivity index (χ1n) is 7.11. The highest BCUT2D eigenvalue weighted by atomic mass is 35.5.